The molecule has 0 bridgehead atoms. The summed E-state index contributed by atoms with van der Waals surface area (Å²) in [5.74, 6) is -0.786. The first-order chi connectivity index (χ1) is 13.5. The molecule has 0 radical (unpaired) electrons. The maximum absolute atomic E-state index is 13.7. The van der Waals surface area contributed by atoms with Crippen LogP contribution in [0.2, 0.25) is 0 Å². The van der Waals surface area contributed by atoms with E-state index in [1.807, 2.05) is 18.0 Å². The molecule has 2 N–H and O–H groups in total. The number of rotatable bonds is 5. The SMILES string of the molecule is CN1C[C@@H](NC(=O)c2ccc(C#N)cc2)C[C@H]1C(=O)NCc1ccccc1F. The number of hydrogen-bond donors (Lipinski definition) is 2. The lowest BCUT2D eigenvalue weighted by Gasteiger charge is -2.18. The molecule has 2 amide bonds. The number of nitrogens with one attached hydrogen (secondary N) is 2. The Morgan fingerprint density at radius 1 is 1.21 bits per heavy atom. The zero-order valence-corrected chi connectivity index (χ0v) is 15.5. The van der Waals surface area contributed by atoms with Crippen molar-refractivity contribution >= 4 is 11.8 Å². The summed E-state index contributed by atoms with van der Waals surface area (Å²) < 4.78 is 13.7. The van der Waals surface area contributed by atoms with Crippen molar-refractivity contribution < 1.29 is 14.0 Å². The highest BCUT2D eigenvalue weighted by atomic mass is 19.1. The van der Waals surface area contributed by atoms with Gasteiger partial charge >= 0.3 is 0 Å². The Kier molecular flexibility index (Phi) is 6.02. The number of amides is 2. The van der Waals surface area contributed by atoms with Gasteiger partial charge in [-0.3, -0.25) is 14.5 Å². The average Bonchev–Trinajstić information content (AvgIpc) is 3.07. The van der Waals surface area contributed by atoms with Crippen LogP contribution in [0.5, 0.6) is 0 Å². The molecule has 144 valence electrons. The predicted molar refractivity (Wildman–Crippen MR) is 102 cm³/mol. The smallest absolute Gasteiger partial charge is 0.251 e. The van der Waals surface area contributed by atoms with Gasteiger partial charge in [0.05, 0.1) is 17.7 Å². The summed E-state index contributed by atoms with van der Waals surface area (Å²) in [5, 5.41) is 14.5. The van der Waals surface area contributed by atoms with Gasteiger partial charge in [-0.2, -0.15) is 5.26 Å². The molecule has 0 unspecified atom stereocenters. The summed E-state index contributed by atoms with van der Waals surface area (Å²) >= 11 is 0. The van der Waals surface area contributed by atoms with E-state index in [9.17, 15) is 14.0 Å². The minimum absolute atomic E-state index is 0.123. The lowest BCUT2D eigenvalue weighted by molar-refractivity contribution is -0.125. The van der Waals surface area contributed by atoms with Crippen LogP contribution in [0.3, 0.4) is 0 Å². The highest BCUT2D eigenvalue weighted by Crippen LogP contribution is 2.17. The van der Waals surface area contributed by atoms with E-state index in [-0.39, 0.29) is 30.2 Å². The fourth-order valence-electron chi connectivity index (χ4n) is 3.32. The number of carbonyl (C=O) groups excluding carboxylic acids is 2. The van der Waals surface area contributed by atoms with Crippen LogP contribution in [-0.2, 0) is 11.3 Å². The van der Waals surface area contributed by atoms with Crippen LogP contribution >= 0.6 is 0 Å². The van der Waals surface area contributed by atoms with E-state index in [2.05, 4.69) is 10.6 Å². The lowest BCUT2D eigenvalue weighted by atomic mass is 10.1. The maximum Gasteiger partial charge on any atom is 0.251 e. The molecule has 0 saturated carbocycles. The number of carbonyl (C=O) groups is 2. The van der Waals surface area contributed by atoms with Gasteiger partial charge in [-0.1, -0.05) is 18.2 Å². The number of nitriles is 1. The van der Waals surface area contributed by atoms with Crippen LogP contribution in [0.25, 0.3) is 0 Å². The van der Waals surface area contributed by atoms with Crippen molar-refractivity contribution in [2.24, 2.45) is 0 Å². The first kappa shape index (κ1) is 19.5. The standard InChI is InChI=1S/C21H21FN4O2/c1-26-13-17(25-20(27)15-8-6-14(11-23)7-9-15)10-19(26)21(28)24-12-16-4-2-3-5-18(16)22/h2-9,17,19H,10,12-13H2,1H3,(H,24,28)(H,25,27)/t17-,19-/m0/s1. The van der Waals surface area contributed by atoms with Gasteiger partial charge in [0, 0.05) is 30.3 Å². The van der Waals surface area contributed by atoms with Crippen molar-refractivity contribution in [1.82, 2.24) is 15.5 Å². The Labute approximate surface area is 163 Å². The fourth-order valence-corrected chi connectivity index (χ4v) is 3.32. The number of likely N-dealkylation sites (N-methyl/N-ethyl adjacent to an activating group) is 1. The Balaban J connectivity index is 1.54. The number of halogens is 1. The van der Waals surface area contributed by atoms with Gasteiger partial charge in [0.1, 0.15) is 5.82 Å². The van der Waals surface area contributed by atoms with E-state index < -0.39 is 6.04 Å². The van der Waals surface area contributed by atoms with Crippen LogP contribution in [0.1, 0.15) is 27.9 Å². The molecule has 2 atom stereocenters. The van der Waals surface area contributed by atoms with Gasteiger partial charge < -0.3 is 10.6 Å². The molecule has 0 spiro atoms. The van der Waals surface area contributed by atoms with E-state index >= 15 is 0 Å². The number of hydrogen-bond acceptors (Lipinski definition) is 4. The van der Waals surface area contributed by atoms with Crippen LogP contribution in [-0.4, -0.2) is 42.4 Å². The summed E-state index contributed by atoms with van der Waals surface area (Å²) in [6.45, 7) is 0.665. The molecule has 3 rings (SSSR count). The quantitative estimate of drug-likeness (QED) is 0.829. The minimum atomic E-state index is -0.391. The van der Waals surface area contributed by atoms with Gasteiger partial charge in [-0.25, -0.2) is 4.39 Å². The van der Waals surface area contributed by atoms with Crippen LogP contribution in [0.15, 0.2) is 48.5 Å². The van der Waals surface area contributed by atoms with Crippen molar-refractivity contribution in [3.05, 3.63) is 71.0 Å². The molecule has 1 heterocycles. The maximum atomic E-state index is 13.7. The van der Waals surface area contributed by atoms with Crippen molar-refractivity contribution in [1.29, 1.82) is 5.26 Å². The molecule has 2 aromatic carbocycles. The number of benzene rings is 2. The van der Waals surface area contributed by atoms with E-state index in [4.69, 9.17) is 5.26 Å². The van der Waals surface area contributed by atoms with E-state index in [0.29, 0.717) is 29.7 Å². The predicted octanol–water partition coefficient (Wildman–Crippen LogP) is 1.82. The Hall–Kier alpha value is -3.24. The van der Waals surface area contributed by atoms with E-state index in [1.165, 1.54) is 6.07 Å². The van der Waals surface area contributed by atoms with Gasteiger partial charge in [0.2, 0.25) is 5.91 Å². The number of likely N-dealkylation sites (tertiary alicyclic amines) is 1. The molecule has 2 aromatic rings. The van der Waals surface area contributed by atoms with Crippen molar-refractivity contribution in [2.75, 3.05) is 13.6 Å². The molecule has 0 aliphatic carbocycles. The van der Waals surface area contributed by atoms with Crippen molar-refractivity contribution in [3.63, 3.8) is 0 Å². The van der Waals surface area contributed by atoms with Gasteiger partial charge in [0.15, 0.2) is 0 Å². The largest absolute Gasteiger partial charge is 0.351 e. The lowest BCUT2D eigenvalue weighted by Crippen LogP contribution is -2.41. The Morgan fingerprint density at radius 3 is 2.61 bits per heavy atom. The molecule has 6 nitrogen and oxygen atoms in total. The zero-order chi connectivity index (χ0) is 20.1. The van der Waals surface area contributed by atoms with Gasteiger partial charge in [0.25, 0.3) is 5.91 Å². The van der Waals surface area contributed by atoms with Gasteiger partial charge in [-0.05, 0) is 43.8 Å². The molecule has 1 aliphatic rings. The second kappa shape index (κ2) is 8.63. The highest BCUT2D eigenvalue weighted by Gasteiger charge is 2.35. The minimum Gasteiger partial charge on any atom is -0.351 e. The summed E-state index contributed by atoms with van der Waals surface area (Å²) in [6.07, 6.45) is 0.474. The second-order valence-corrected chi connectivity index (χ2v) is 6.86. The molecule has 1 fully saturated rings. The Morgan fingerprint density at radius 2 is 1.93 bits per heavy atom. The number of nitrogens with zero attached hydrogens (tertiary/aromatic N) is 2. The molecule has 0 aromatic heterocycles. The third kappa shape index (κ3) is 4.53. The second-order valence-electron chi connectivity index (χ2n) is 6.86. The summed E-state index contributed by atoms with van der Waals surface area (Å²) in [5.41, 5.74) is 1.39. The first-order valence-corrected chi connectivity index (χ1v) is 9.00. The zero-order valence-electron chi connectivity index (χ0n) is 15.5. The molecule has 1 saturated heterocycles. The third-order valence-electron chi connectivity index (χ3n) is 4.87. The normalized spacial score (nSPS) is 19.0. The van der Waals surface area contributed by atoms with E-state index in [1.54, 1.807) is 42.5 Å². The highest BCUT2D eigenvalue weighted by molar-refractivity contribution is 5.94. The molecule has 1 aliphatic heterocycles. The molecule has 28 heavy (non-hydrogen) atoms. The average molecular weight is 380 g/mol. The summed E-state index contributed by atoms with van der Waals surface area (Å²) in [4.78, 5) is 26.7. The molecular formula is C21H21FN4O2. The monoisotopic (exact) mass is 380 g/mol. The van der Waals surface area contributed by atoms with Gasteiger partial charge in [-0.15, -0.1) is 0 Å². The van der Waals surface area contributed by atoms with Crippen molar-refractivity contribution in [3.8, 4) is 6.07 Å². The molecular weight excluding hydrogens is 359 g/mol. The van der Waals surface area contributed by atoms with Crippen LogP contribution in [0, 0.1) is 17.1 Å². The molecule has 7 heteroatoms. The topological polar surface area (TPSA) is 85.2 Å². The van der Waals surface area contributed by atoms with Crippen LogP contribution in [0.4, 0.5) is 4.39 Å². The summed E-state index contributed by atoms with van der Waals surface area (Å²) in [6, 6.07) is 14.2. The van der Waals surface area contributed by atoms with Crippen LogP contribution < -0.4 is 10.6 Å². The first-order valence-electron chi connectivity index (χ1n) is 9.00. The van der Waals surface area contributed by atoms with E-state index in [0.717, 1.165) is 0 Å². The van der Waals surface area contributed by atoms with Crippen molar-refractivity contribution in [2.45, 2.75) is 25.0 Å². The third-order valence-corrected chi connectivity index (χ3v) is 4.87. The summed E-state index contributed by atoms with van der Waals surface area (Å²) in [7, 11) is 1.82. The Bertz CT molecular complexity index is 907. The fraction of sp³-hybridized carbons (Fsp3) is 0.286.